The van der Waals surface area contributed by atoms with Crippen LogP contribution in [0.3, 0.4) is 0 Å². The summed E-state index contributed by atoms with van der Waals surface area (Å²) in [6.07, 6.45) is 2.96. The molecule has 3 N–H and O–H groups in total. The van der Waals surface area contributed by atoms with Crippen LogP contribution in [0.2, 0.25) is 0 Å². The molecule has 2 amide bonds. The van der Waals surface area contributed by atoms with Gasteiger partial charge in [0.2, 0.25) is 0 Å². The molecule has 0 bridgehead atoms. The molecule has 0 aromatic carbocycles. The Morgan fingerprint density at radius 2 is 1.65 bits per heavy atom. The SMILES string of the molecule is CC1CCCC(NC(=O)N(CC(=O)O)CC(=O)O)C1C. The van der Waals surface area contributed by atoms with Crippen molar-refractivity contribution in [1.29, 1.82) is 0 Å². The van der Waals surface area contributed by atoms with Crippen LogP contribution in [0.1, 0.15) is 33.1 Å². The summed E-state index contributed by atoms with van der Waals surface area (Å²) in [5.74, 6) is -1.68. The number of urea groups is 1. The van der Waals surface area contributed by atoms with Gasteiger partial charge in [-0.1, -0.05) is 26.7 Å². The van der Waals surface area contributed by atoms with Crippen molar-refractivity contribution in [3.05, 3.63) is 0 Å². The fraction of sp³-hybridized carbons (Fsp3) is 0.769. The second-order valence-electron chi connectivity index (χ2n) is 5.47. The van der Waals surface area contributed by atoms with Gasteiger partial charge in [-0.2, -0.15) is 0 Å². The molecular weight excluding hydrogens is 264 g/mol. The van der Waals surface area contributed by atoms with Gasteiger partial charge in [0.05, 0.1) is 0 Å². The van der Waals surface area contributed by atoms with Crippen molar-refractivity contribution in [2.45, 2.75) is 39.2 Å². The average molecular weight is 286 g/mol. The number of carbonyl (C=O) groups is 3. The van der Waals surface area contributed by atoms with Crippen molar-refractivity contribution >= 4 is 18.0 Å². The van der Waals surface area contributed by atoms with Crippen LogP contribution in [0.4, 0.5) is 4.79 Å². The molecule has 0 spiro atoms. The van der Waals surface area contributed by atoms with Crippen LogP contribution in [-0.2, 0) is 9.59 Å². The lowest BCUT2D eigenvalue weighted by molar-refractivity contribution is -0.140. The summed E-state index contributed by atoms with van der Waals surface area (Å²) in [6, 6.07) is -0.655. The predicted octanol–water partition coefficient (Wildman–Crippen LogP) is 0.992. The van der Waals surface area contributed by atoms with Gasteiger partial charge < -0.3 is 20.4 Å². The molecule has 0 radical (unpaired) electrons. The molecule has 3 atom stereocenters. The summed E-state index contributed by atoms with van der Waals surface area (Å²) in [4.78, 5) is 34.2. The number of carboxylic acids is 2. The summed E-state index contributed by atoms with van der Waals surface area (Å²) < 4.78 is 0. The van der Waals surface area contributed by atoms with Crippen molar-refractivity contribution in [1.82, 2.24) is 10.2 Å². The Bertz CT molecular complexity index is 369. The van der Waals surface area contributed by atoms with E-state index in [0.717, 1.165) is 24.2 Å². The maximum Gasteiger partial charge on any atom is 0.323 e. The number of nitrogens with one attached hydrogen (secondary N) is 1. The van der Waals surface area contributed by atoms with Crippen molar-refractivity contribution in [2.75, 3.05) is 13.1 Å². The normalized spacial score (nSPS) is 25.8. The molecule has 0 aliphatic heterocycles. The van der Waals surface area contributed by atoms with Gasteiger partial charge in [0.25, 0.3) is 0 Å². The summed E-state index contributed by atoms with van der Waals surface area (Å²) in [6.45, 7) is 2.94. The van der Waals surface area contributed by atoms with Crippen LogP contribution >= 0.6 is 0 Å². The highest BCUT2D eigenvalue weighted by atomic mass is 16.4. The molecule has 0 aromatic heterocycles. The zero-order valence-corrected chi connectivity index (χ0v) is 11.8. The molecule has 114 valence electrons. The van der Waals surface area contributed by atoms with Crippen LogP contribution in [0.25, 0.3) is 0 Å². The summed E-state index contributed by atoms with van der Waals surface area (Å²) >= 11 is 0. The Morgan fingerprint density at radius 3 is 2.15 bits per heavy atom. The molecule has 7 nitrogen and oxygen atoms in total. The molecule has 7 heteroatoms. The minimum Gasteiger partial charge on any atom is -0.480 e. The van der Waals surface area contributed by atoms with E-state index in [1.54, 1.807) is 0 Å². The Labute approximate surface area is 117 Å². The number of hydrogen-bond donors (Lipinski definition) is 3. The topological polar surface area (TPSA) is 107 Å². The van der Waals surface area contributed by atoms with E-state index in [1.165, 1.54) is 0 Å². The minimum atomic E-state index is -1.23. The molecule has 0 saturated heterocycles. The second kappa shape index (κ2) is 7.12. The molecular formula is C13H22N2O5. The van der Waals surface area contributed by atoms with Crippen LogP contribution in [0, 0.1) is 11.8 Å². The second-order valence-corrected chi connectivity index (χ2v) is 5.47. The van der Waals surface area contributed by atoms with E-state index >= 15 is 0 Å². The van der Waals surface area contributed by atoms with E-state index in [1.807, 2.05) is 6.92 Å². The highest BCUT2D eigenvalue weighted by Gasteiger charge is 2.30. The van der Waals surface area contributed by atoms with E-state index in [0.29, 0.717) is 11.8 Å². The van der Waals surface area contributed by atoms with Crippen LogP contribution in [-0.4, -0.2) is 52.2 Å². The monoisotopic (exact) mass is 286 g/mol. The summed E-state index contributed by atoms with van der Waals surface area (Å²) in [5.41, 5.74) is 0. The lowest BCUT2D eigenvalue weighted by Crippen LogP contribution is -2.51. The maximum atomic E-state index is 12.0. The molecule has 1 fully saturated rings. The fourth-order valence-electron chi connectivity index (χ4n) is 2.56. The number of carboxylic acid groups (broad SMARTS) is 2. The lowest BCUT2D eigenvalue weighted by atomic mass is 9.78. The van der Waals surface area contributed by atoms with Crippen LogP contribution < -0.4 is 5.32 Å². The number of carbonyl (C=O) groups excluding carboxylic acids is 1. The Morgan fingerprint density at radius 1 is 1.10 bits per heavy atom. The van der Waals surface area contributed by atoms with Gasteiger partial charge in [-0.05, 0) is 18.3 Å². The first-order valence-corrected chi connectivity index (χ1v) is 6.80. The van der Waals surface area contributed by atoms with Crippen LogP contribution in [0.15, 0.2) is 0 Å². The smallest absolute Gasteiger partial charge is 0.323 e. The fourth-order valence-corrected chi connectivity index (χ4v) is 2.56. The number of hydrogen-bond acceptors (Lipinski definition) is 3. The van der Waals surface area contributed by atoms with Gasteiger partial charge in [0.1, 0.15) is 13.1 Å². The van der Waals surface area contributed by atoms with Gasteiger partial charge in [-0.25, -0.2) is 4.79 Å². The number of amides is 2. The lowest BCUT2D eigenvalue weighted by Gasteiger charge is -2.35. The highest BCUT2D eigenvalue weighted by Crippen LogP contribution is 2.29. The molecule has 1 aliphatic carbocycles. The van der Waals surface area contributed by atoms with E-state index in [9.17, 15) is 14.4 Å². The van der Waals surface area contributed by atoms with Gasteiger partial charge in [-0.15, -0.1) is 0 Å². The van der Waals surface area contributed by atoms with Gasteiger partial charge in [0.15, 0.2) is 0 Å². The zero-order chi connectivity index (χ0) is 15.3. The van der Waals surface area contributed by atoms with E-state index in [2.05, 4.69) is 12.2 Å². The minimum absolute atomic E-state index is 0.0312. The first kappa shape index (κ1) is 16.3. The zero-order valence-electron chi connectivity index (χ0n) is 11.8. The molecule has 1 aliphatic rings. The number of aliphatic carboxylic acids is 2. The quantitative estimate of drug-likeness (QED) is 0.698. The number of rotatable bonds is 5. The molecule has 0 aromatic rings. The Hall–Kier alpha value is -1.79. The highest BCUT2D eigenvalue weighted by molar-refractivity contribution is 5.84. The van der Waals surface area contributed by atoms with Gasteiger partial charge >= 0.3 is 18.0 Å². The summed E-state index contributed by atoms with van der Waals surface area (Å²) in [7, 11) is 0. The van der Waals surface area contributed by atoms with Crippen molar-refractivity contribution in [3.63, 3.8) is 0 Å². The summed E-state index contributed by atoms with van der Waals surface area (Å²) in [5, 5.41) is 20.2. The number of nitrogens with zero attached hydrogens (tertiary/aromatic N) is 1. The third kappa shape index (κ3) is 4.71. The Balaban J connectivity index is 2.64. The van der Waals surface area contributed by atoms with Crippen LogP contribution in [0.5, 0.6) is 0 Å². The van der Waals surface area contributed by atoms with Gasteiger partial charge in [-0.3, -0.25) is 9.59 Å². The molecule has 20 heavy (non-hydrogen) atoms. The van der Waals surface area contributed by atoms with Crippen molar-refractivity contribution in [3.8, 4) is 0 Å². The predicted molar refractivity (Wildman–Crippen MR) is 71.3 cm³/mol. The molecule has 1 rings (SSSR count). The van der Waals surface area contributed by atoms with E-state index in [4.69, 9.17) is 10.2 Å². The third-order valence-electron chi connectivity index (χ3n) is 3.96. The van der Waals surface area contributed by atoms with Gasteiger partial charge in [0, 0.05) is 6.04 Å². The average Bonchev–Trinajstić information content (AvgIpc) is 2.33. The third-order valence-corrected chi connectivity index (χ3v) is 3.96. The standard InChI is InChI=1S/C13H22N2O5/c1-8-4-3-5-10(9(8)2)14-13(20)15(6-11(16)17)7-12(18)19/h8-10H,3-7H2,1-2H3,(H,14,20)(H,16,17)(H,18,19). The van der Waals surface area contributed by atoms with E-state index < -0.39 is 31.1 Å². The van der Waals surface area contributed by atoms with Crippen molar-refractivity contribution in [2.24, 2.45) is 11.8 Å². The molecule has 3 unspecified atom stereocenters. The molecule has 0 heterocycles. The largest absolute Gasteiger partial charge is 0.480 e. The maximum absolute atomic E-state index is 12.0. The molecule has 1 saturated carbocycles. The van der Waals surface area contributed by atoms with Crippen molar-refractivity contribution < 1.29 is 24.6 Å². The first-order valence-electron chi connectivity index (χ1n) is 6.80. The first-order chi connectivity index (χ1) is 9.31. The van der Waals surface area contributed by atoms with E-state index in [-0.39, 0.29) is 6.04 Å². The Kier molecular flexibility index (Phi) is 5.79.